The number of rotatable bonds is 4. The van der Waals surface area contributed by atoms with Crippen LogP contribution in [0.4, 0.5) is 13.2 Å². The van der Waals surface area contributed by atoms with E-state index in [9.17, 15) is 13.2 Å². The van der Waals surface area contributed by atoms with Gasteiger partial charge >= 0.3 is 6.36 Å². The predicted molar refractivity (Wildman–Crippen MR) is 87.0 cm³/mol. The smallest absolute Gasteiger partial charge is 0.406 e. The highest BCUT2D eigenvalue weighted by atomic mass is 32.2. The molecule has 0 spiro atoms. The summed E-state index contributed by atoms with van der Waals surface area (Å²) in [6.07, 6.45) is -3.05. The Morgan fingerprint density at radius 3 is 2.75 bits per heavy atom. The summed E-state index contributed by atoms with van der Waals surface area (Å²) < 4.78 is 42.9. The molecular formula is C16H14F3N3OS. The van der Waals surface area contributed by atoms with Crippen molar-refractivity contribution < 1.29 is 17.9 Å². The monoisotopic (exact) mass is 353 g/mol. The number of halogens is 3. The second-order valence-electron chi connectivity index (χ2n) is 4.98. The summed E-state index contributed by atoms with van der Waals surface area (Å²) in [5.41, 5.74) is 1.84. The Labute approximate surface area is 140 Å². The first-order valence-corrected chi connectivity index (χ1v) is 8.18. The lowest BCUT2D eigenvalue weighted by Crippen LogP contribution is -2.16. The zero-order valence-electron chi connectivity index (χ0n) is 13.0. The third kappa shape index (κ3) is 3.33. The first-order valence-electron chi connectivity index (χ1n) is 7.19. The third-order valence-electron chi connectivity index (χ3n) is 3.37. The van der Waals surface area contributed by atoms with Crippen LogP contribution in [-0.4, -0.2) is 26.7 Å². The number of ether oxygens (including phenoxy) is 1. The first-order chi connectivity index (χ1) is 11.4. The summed E-state index contributed by atoms with van der Waals surface area (Å²) in [5, 5.41) is 0. The lowest BCUT2D eigenvalue weighted by atomic mass is 10.3. The molecule has 0 fully saturated rings. The standard InChI is InChI=1S/C16H14F3N3OS/c1-3-24-13-5-4-8-20-14(13)15-21-11-9-10(23-16(17,18)19)6-7-12(11)22(15)2/h4-9H,3H2,1-2H3. The zero-order valence-corrected chi connectivity index (χ0v) is 13.8. The minimum atomic E-state index is -4.72. The van der Waals surface area contributed by atoms with E-state index in [4.69, 9.17) is 0 Å². The fourth-order valence-corrected chi connectivity index (χ4v) is 3.19. The van der Waals surface area contributed by atoms with E-state index in [0.29, 0.717) is 22.6 Å². The Kier molecular flexibility index (Phi) is 4.40. The van der Waals surface area contributed by atoms with Crippen molar-refractivity contribution >= 4 is 22.8 Å². The van der Waals surface area contributed by atoms with Crippen molar-refractivity contribution in [1.82, 2.24) is 14.5 Å². The summed E-state index contributed by atoms with van der Waals surface area (Å²) in [5.74, 6) is 1.20. The van der Waals surface area contributed by atoms with Gasteiger partial charge in [-0.1, -0.05) is 6.92 Å². The van der Waals surface area contributed by atoms with Gasteiger partial charge in [-0.15, -0.1) is 24.9 Å². The number of benzene rings is 1. The van der Waals surface area contributed by atoms with Gasteiger partial charge in [0.05, 0.1) is 11.0 Å². The molecule has 0 saturated heterocycles. The molecule has 0 atom stereocenters. The second-order valence-corrected chi connectivity index (χ2v) is 6.28. The van der Waals surface area contributed by atoms with E-state index >= 15 is 0 Å². The van der Waals surface area contributed by atoms with Gasteiger partial charge in [0.15, 0.2) is 5.82 Å². The average Bonchev–Trinajstić information content (AvgIpc) is 2.83. The van der Waals surface area contributed by atoms with E-state index in [1.54, 1.807) is 24.0 Å². The van der Waals surface area contributed by atoms with Crippen LogP contribution >= 0.6 is 11.8 Å². The lowest BCUT2D eigenvalue weighted by Gasteiger charge is -2.08. The minimum absolute atomic E-state index is 0.288. The zero-order chi connectivity index (χ0) is 17.3. The Bertz CT molecular complexity index is 877. The highest BCUT2D eigenvalue weighted by molar-refractivity contribution is 7.99. The maximum Gasteiger partial charge on any atom is 0.573 e. The molecule has 8 heteroatoms. The number of aromatic nitrogens is 3. The Balaban J connectivity index is 2.09. The number of aryl methyl sites for hydroxylation is 1. The fourth-order valence-electron chi connectivity index (χ4n) is 2.42. The molecule has 0 unspecified atom stereocenters. The molecule has 126 valence electrons. The molecule has 0 N–H and O–H groups in total. The number of imidazole rings is 1. The van der Waals surface area contributed by atoms with Gasteiger partial charge in [0.2, 0.25) is 0 Å². The third-order valence-corrected chi connectivity index (χ3v) is 4.30. The van der Waals surface area contributed by atoms with Crippen molar-refractivity contribution in [1.29, 1.82) is 0 Å². The quantitative estimate of drug-likeness (QED) is 0.641. The van der Waals surface area contributed by atoms with Gasteiger partial charge < -0.3 is 9.30 Å². The maximum atomic E-state index is 12.4. The molecular weight excluding hydrogens is 339 g/mol. The maximum absolute atomic E-state index is 12.4. The number of nitrogens with zero attached hydrogens (tertiary/aromatic N) is 3. The molecule has 24 heavy (non-hydrogen) atoms. The van der Waals surface area contributed by atoms with Gasteiger partial charge in [0, 0.05) is 24.2 Å². The van der Waals surface area contributed by atoms with Crippen molar-refractivity contribution in [3.8, 4) is 17.3 Å². The lowest BCUT2D eigenvalue weighted by molar-refractivity contribution is -0.274. The molecule has 0 radical (unpaired) electrons. The summed E-state index contributed by atoms with van der Waals surface area (Å²) in [4.78, 5) is 9.82. The minimum Gasteiger partial charge on any atom is -0.406 e. The summed E-state index contributed by atoms with van der Waals surface area (Å²) >= 11 is 1.64. The SMILES string of the molecule is CCSc1cccnc1-c1nc2cc(OC(F)(F)F)ccc2n1C. The van der Waals surface area contributed by atoms with Crippen molar-refractivity contribution in [2.45, 2.75) is 18.2 Å². The van der Waals surface area contributed by atoms with Crippen molar-refractivity contribution in [2.24, 2.45) is 7.05 Å². The van der Waals surface area contributed by atoms with Crippen LogP contribution in [0.3, 0.4) is 0 Å². The van der Waals surface area contributed by atoms with Gasteiger partial charge in [0.25, 0.3) is 0 Å². The summed E-state index contributed by atoms with van der Waals surface area (Å²) in [6.45, 7) is 2.04. The van der Waals surface area contributed by atoms with Crippen LogP contribution in [0.25, 0.3) is 22.6 Å². The van der Waals surface area contributed by atoms with Gasteiger partial charge in [-0.25, -0.2) is 4.98 Å². The van der Waals surface area contributed by atoms with E-state index in [-0.39, 0.29) is 5.75 Å². The molecule has 4 nitrogen and oxygen atoms in total. The van der Waals surface area contributed by atoms with E-state index in [0.717, 1.165) is 10.6 Å². The Morgan fingerprint density at radius 1 is 1.25 bits per heavy atom. The van der Waals surface area contributed by atoms with E-state index in [1.165, 1.54) is 12.1 Å². The van der Waals surface area contributed by atoms with Crippen LogP contribution in [0.2, 0.25) is 0 Å². The van der Waals surface area contributed by atoms with E-state index in [1.807, 2.05) is 30.7 Å². The molecule has 2 aromatic heterocycles. The number of pyridine rings is 1. The summed E-state index contributed by atoms with van der Waals surface area (Å²) in [6, 6.07) is 7.92. The molecule has 1 aromatic carbocycles. The number of alkyl halides is 3. The normalized spacial score (nSPS) is 11.9. The first kappa shape index (κ1) is 16.6. The van der Waals surface area contributed by atoms with Crippen LogP contribution in [0, 0.1) is 0 Å². The van der Waals surface area contributed by atoms with E-state index in [2.05, 4.69) is 14.7 Å². The van der Waals surface area contributed by atoms with E-state index < -0.39 is 6.36 Å². The van der Waals surface area contributed by atoms with Crippen LogP contribution in [0.15, 0.2) is 41.4 Å². The Hall–Kier alpha value is -2.22. The molecule has 0 bridgehead atoms. The number of fused-ring (bicyclic) bond motifs is 1. The summed E-state index contributed by atoms with van der Waals surface area (Å²) in [7, 11) is 1.81. The molecule has 0 aliphatic carbocycles. The highest BCUT2D eigenvalue weighted by Gasteiger charge is 2.31. The number of hydrogen-bond acceptors (Lipinski definition) is 4. The number of thioether (sulfide) groups is 1. The number of hydrogen-bond donors (Lipinski definition) is 0. The van der Waals surface area contributed by atoms with Crippen LogP contribution < -0.4 is 4.74 Å². The molecule has 0 aliphatic heterocycles. The second kappa shape index (κ2) is 6.35. The van der Waals surface area contributed by atoms with Gasteiger partial charge in [-0.2, -0.15) is 0 Å². The molecule has 0 amide bonds. The average molecular weight is 353 g/mol. The highest BCUT2D eigenvalue weighted by Crippen LogP contribution is 2.32. The molecule has 0 saturated carbocycles. The van der Waals surface area contributed by atoms with Crippen molar-refractivity contribution in [2.75, 3.05) is 5.75 Å². The molecule has 0 aliphatic rings. The molecule has 3 aromatic rings. The van der Waals surface area contributed by atoms with Crippen LogP contribution in [0.5, 0.6) is 5.75 Å². The van der Waals surface area contributed by atoms with Crippen LogP contribution in [-0.2, 0) is 7.05 Å². The topological polar surface area (TPSA) is 39.9 Å². The fraction of sp³-hybridized carbons (Fsp3) is 0.250. The van der Waals surface area contributed by atoms with Gasteiger partial charge in [-0.3, -0.25) is 4.98 Å². The van der Waals surface area contributed by atoms with Gasteiger partial charge in [0.1, 0.15) is 11.4 Å². The molecule has 2 heterocycles. The van der Waals surface area contributed by atoms with Crippen molar-refractivity contribution in [3.63, 3.8) is 0 Å². The van der Waals surface area contributed by atoms with Gasteiger partial charge in [-0.05, 0) is 30.0 Å². The molecule has 3 rings (SSSR count). The predicted octanol–water partition coefficient (Wildman–Crippen LogP) is 4.65. The largest absolute Gasteiger partial charge is 0.573 e. The Morgan fingerprint density at radius 2 is 2.04 bits per heavy atom. The van der Waals surface area contributed by atoms with Crippen molar-refractivity contribution in [3.05, 3.63) is 36.5 Å². The van der Waals surface area contributed by atoms with Crippen LogP contribution in [0.1, 0.15) is 6.92 Å².